The molecule has 2 aromatic carbocycles. The molecule has 1 N–H and O–H groups in total. The number of rotatable bonds is 5. The van der Waals surface area contributed by atoms with Crippen molar-refractivity contribution >= 4 is 17.2 Å². The molecule has 0 saturated heterocycles. The third kappa shape index (κ3) is 3.81. The number of halogens is 1. The topological polar surface area (TPSA) is 72.7 Å². The molecule has 0 spiro atoms. The zero-order chi connectivity index (χ0) is 19.5. The Morgan fingerprint density at radius 1 is 1.14 bits per heavy atom. The van der Waals surface area contributed by atoms with Crippen LogP contribution in [-0.4, -0.2) is 25.7 Å². The van der Waals surface area contributed by atoms with Crippen LogP contribution in [0.4, 0.5) is 4.39 Å². The van der Waals surface area contributed by atoms with E-state index >= 15 is 0 Å². The molecule has 0 aliphatic rings. The number of aryl methyl sites for hydroxylation is 1. The van der Waals surface area contributed by atoms with E-state index in [0.29, 0.717) is 22.1 Å². The first kappa shape index (κ1) is 18.0. The van der Waals surface area contributed by atoms with Gasteiger partial charge in [-0.25, -0.2) is 19.0 Å². The summed E-state index contributed by atoms with van der Waals surface area (Å²) in [5.41, 5.74) is 3.31. The van der Waals surface area contributed by atoms with Crippen molar-refractivity contribution in [1.82, 2.24) is 25.1 Å². The second-order valence-corrected chi connectivity index (χ2v) is 7.13. The van der Waals surface area contributed by atoms with Gasteiger partial charge in [0.1, 0.15) is 28.4 Å². The van der Waals surface area contributed by atoms with Crippen LogP contribution in [0.25, 0.3) is 16.3 Å². The molecule has 140 valence electrons. The summed E-state index contributed by atoms with van der Waals surface area (Å²) in [6, 6.07) is 13.8. The number of benzene rings is 2. The van der Waals surface area contributed by atoms with Gasteiger partial charge in [0.2, 0.25) is 0 Å². The molecule has 0 aliphatic heterocycles. The van der Waals surface area contributed by atoms with Gasteiger partial charge in [-0.3, -0.25) is 4.79 Å². The maximum atomic E-state index is 13.1. The number of aromatic nitrogens is 4. The fourth-order valence-corrected chi connectivity index (χ4v) is 3.68. The fourth-order valence-electron chi connectivity index (χ4n) is 2.69. The Morgan fingerprint density at radius 2 is 1.89 bits per heavy atom. The van der Waals surface area contributed by atoms with Gasteiger partial charge >= 0.3 is 0 Å². The van der Waals surface area contributed by atoms with Gasteiger partial charge in [0.05, 0.1) is 11.4 Å². The molecule has 2 aromatic heterocycles. The average molecular weight is 393 g/mol. The third-order valence-electron chi connectivity index (χ3n) is 4.17. The van der Waals surface area contributed by atoms with Crippen molar-refractivity contribution in [1.29, 1.82) is 0 Å². The molecule has 6 nitrogen and oxygen atoms in total. The standard InChI is InChI=1S/C20H16FN5OS/c1-13-18(28-20(25-13)15-4-6-16(21)7-5-15)19(27)23-10-14-2-8-17(9-3-14)26-12-22-11-24-26/h2-9,11-12H,10H2,1H3,(H,23,27). The lowest BCUT2D eigenvalue weighted by Crippen LogP contribution is -2.22. The first-order chi connectivity index (χ1) is 13.6. The van der Waals surface area contributed by atoms with Crippen LogP contribution in [0.2, 0.25) is 0 Å². The van der Waals surface area contributed by atoms with E-state index in [-0.39, 0.29) is 11.7 Å². The van der Waals surface area contributed by atoms with Gasteiger partial charge in [-0.1, -0.05) is 12.1 Å². The Balaban J connectivity index is 1.43. The Labute approximate surface area is 164 Å². The van der Waals surface area contributed by atoms with Gasteiger partial charge in [0.25, 0.3) is 5.91 Å². The van der Waals surface area contributed by atoms with Gasteiger partial charge in [-0.15, -0.1) is 11.3 Å². The van der Waals surface area contributed by atoms with Crippen molar-refractivity contribution in [2.75, 3.05) is 0 Å². The number of hydrogen-bond acceptors (Lipinski definition) is 5. The molecule has 0 bridgehead atoms. The van der Waals surface area contributed by atoms with E-state index in [4.69, 9.17) is 0 Å². The SMILES string of the molecule is Cc1nc(-c2ccc(F)cc2)sc1C(=O)NCc1ccc(-n2cncn2)cc1. The Bertz CT molecular complexity index is 1090. The molecule has 0 unspecified atom stereocenters. The van der Waals surface area contributed by atoms with Crippen molar-refractivity contribution in [2.24, 2.45) is 0 Å². The lowest BCUT2D eigenvalue weighted by atomic mass is 10.2. The second kappa shape index (κ2) is 7.69. The quantitative estimate of drug-likeness (QED) is 0.560. The highest BCUT2D eigenvalue weighted by atomic mass is 32.1. The summed E-state index contributed by atoms with van der Waals surface area (Å²) in [6.07, 6.45) is 3.10. The Kier molecular flexibility index (Phi) is 4.94. The van der Waals surface area contributed by atoms with Crippen LogP contribution in [0.3, 0.4) is 0 Å². The highest BCUT2D eigenvalue weighted by Gasteiger charge is 2.16. The minimum absolute atomic E-state index is 0.177. The summed E-state index contributed by atoms with van der Waals surface area (Å²) in [5.74, 6) is -0.478. The van der Waals surface area contributed by atoms with E-state index < -0.39 is 0 Å². The van der Waals surface area contributed by atoms with E-state index in [2.05, 4.69) is 20.4 Å². The number of thiazole rings is 1. The van der Waals surface area contributed by atoms with Crippen LogP contribution in [0, 0.1) is 12.7 Å². The molecule has 0 aliphatic carbocycles. The minimum atomic E-state index is -0.301. The molecule has 1 amide bonds. The second-order valence-electron chi connectivity index (χ2n) is 6.13. The van der Waals surface area contributed by atoms with E-state index in [9.17, 15) is 9.18 Å². The summed E-state index contributed by atoms with van der Waals surface area (Å²) in [6.45, 7) is 2.20. The predicted molar refractivity (Wildman–Crippen MR) is 105 cm³/mol. The molecule has 8 heteroatoms. The Hall–Kier alpha value is -3.39. The summed E-state index contributed by atoms with van der Waals surface area (Å²) < 4.78 is 14.8. The van der Waals surface area contributed by atoms with Gasteiger partial charge in [0, 0.05) is 12.1 Å². The third-order valence-corrected chi connectivity index (χ3v) is 5.37. The van der Waals surface area contributed by atoms with Crippen LogP contribution in [0.1, 0.15) is 20.9 Å². The summed E-state index contributed by atoms with van der Waals surface area (Å²) in [7, 11) is 0. The van der Waals surface area contributed by atoms with Gasteiger partial charge < -0.3 is 5.32 Å². The molecular formula is C20H16FN5OS. The van der Waals surface area contributed by atoms with Gasteiger partial charge in [0.15, 0.2) is 0 Å². The van der Waals surface area contributed by atoms with E-state index in [0.717, 1.165) is 16.8 Å². The monoisotopic (exact) mass is 393 g/mol. The van der Waals surface area contributed by atoms with Crippen LogP contribution in [0.15, 0.2) is 61.2 Å². The van der Waals surface area contributed by atoms with E-state index in [1.807, 2.05) is 24.3 Å². The zero-order valence-corrected chi connectivity index (χ0v) is 15.8. The van der Waals surface area contributed by atoms with Crippen LogP contribution >= 0.6 is 11.3 Å². The molecule has 0 radical (unpaired) electrons. The summed E-state index contributed by atoms with van der Waals surface area (Å²) in [4.78, 5) is 21.5. The molecule has 0 atom stereocenters. The summed E-state index contributed by atoms with van der Waals surface area (Å²) >= 11 is 1.30. The summed E-state index contributed by atoms with van der Waals surface area (Å²) in [5, 5.41) is 7.70. The molecule has 0 saturated carbocycles. The maximum absolute atomic E-state index is 13.1. The molecule has 4 aromatic rings. The zero-order valence-electron chi connectivity index (χ0n) is 15.0. The highest BCUT2D eigenvalue weighted by Crippen LogP contribution is 2.28. The van der Waals surface area contributed by atoms with Gasteiger partial charge in [-0.2, -0.15) is 5.10 Å². The van der Waals surface area contributed by atoms with Crippen molar-refractivity contribution in [3.05, 3.63) is 83.1 Å². The van der Waals surface area contributed by atoms with Crippen LogP contribution in [-0.2, 0) is 6.54 Å². The number of nitrogens with zero attached hydrogens (tertiary/aromatic N) is 4. The van der Waals surface area contributed by atoms with Crippen molar-refractivity contribution < 1.29 is 9.18 Å². The van der Waals surface area contributed by atoms with Crippen molar-refractivity contribution in [3.8, 4) is 16.3 Å². The van der Waals surface area contributed by atoms with E-state index in [1.54, 1.807) is 30.1 Å². The molecule has 0 fully saturated rings. The average Bonchev–Trinajstić information content (AvgIpc) is 3.37. The van der Waals surface area contributed by atoms with Gasteiger partial charge in [-0.05, 0) is 48.9 Å². The lowest BCUT2D eigenvalue weighted by molar-refractivity contribution is 0.0954. The first-order valence-electron chi connectivity index (χ1n) is 8.55. The smallest absolute Gasteiger partial charge is 0.263 e. The van der Waals surface area contributed by atoms with E-state index in [1.165, 1.54) is 29.8 Å². The number of hydrogen-bond donors (Lipinski definition) is 1. The number of carbonyl (C=O) groups is 1. The Morgan fingerprint density at radius 3 is 2.57 bits per heavy atom. The van der Waals surface area contributed by atoms with Crippen molar-refractivity contribution in [2.45, 2.75) is 13.5 Å². The highest BCUT2D eigenvalue weighted by molar-refractivity contribution is 7.17. The lowest BCUT2D eigenvalue weighted by Gasteiger charge is -2.06. The molecule has 4 rings (SSSR count). The number of carbonyl (C=O) groups excluding carboxylic acids is 1. The molecular weight excluding hydrogens is 377 g/mol. The van der Waals surface area contributed by atoms with Crippen LogP contribution < -0.4 is 5.32 Å². The van der Waals surface area contributed by atoms with Crippen LogP contribution in [0.5, 0.6) is 0 Å². The van der Waals surface area contributed by atoms with Crippen molar-refractivity contribution in [3.63, 3.8) is 0 Å². The first-order valence-corrected chi connectivity index (χ1v) is 9.37. The predicted octanol–water partition coefficient (Wildman–Crippen LogP) is 3.77. The largest absolute Gasteiger partial charge is 0.347 e. The number of nitrogens with one attached hydrogen (secondary N) is 1. The minimum Gasteiger partial charge on any atom is -0.347 e. The number of amides is 1. The molecule has 2 heterocycles. The fraction of sp³-hybridized carbons (Fsp3) is 0.100. The molecule has 28 heavy (non-hydrogen) atoms. The normalized spacial score (nSPS) is 10.8. The maximum Gasteiger partial charge on any atom is 0.263 e.